The lowest BCUT2D eigenvalue weighted by Crippen LogP contribution is -2.49. The molecule has 2 saturated heterocycles. The number of piperidine rings is 1. The number of carbonyl (C=O) groups excluding carboxylic acids is 2. The Balaban J connectivity index is 1.28. The first kappa shape index (κ1) is 20.9. The van der Waals surface area contributed by atoms with E-state index in [1.165, 1.54) is 11.3 Å². The molecule has 7 heteroatoms. The Kier molecular flexibility index (Phi) is 6.06. The van der Waals surface area contributed by atoms with E-state index in [4.69, 9.17) is 9.97 Å². The SMILES string of the molecule is O=C(N[C@H]1CCCCNC1=O)C1CCN(c2nc(-c3ccccc3)nc3c2CCC3)CC1. The van der Waals surface area contributed by atoms with E-state index in [1.54, 1.807) is 0 Å². The fourth-order valence-corrected chi connectivity index (χ4v) is 5.11. The van der Waals surface area contributed by atoms with Crippen LogP contribution >= 0.6 is 0 Å². The van der Waals surface area contributed by atoms with Gasteiger partial charge in [0.05, 0.1) is 0 Å². The van der Waals surface area contributed by atoms with Gasteiger partial charge in [-0.3, -0.25) is 9.59 Å². The average Bonchev–Trinajstić information content (AvgIpc) is 3.22. The van der Waals surface area contributed by atoms with E-state index in [2.05, 4.69) is 27.7 Å². The Hall–Kier alpha value is -2.96. The van der Waals surface area contributed by atoms with Crippen LogP contribution in [0.4, 0.5) is 5.82 Å². The molecule has 0 saturated carbocycles. The third-order valence-electron chi connectivity index (χ3n) is 6.96. The number of nitrogens with zero attached hydrogens (tertiary/aromatic N) is 3. The number of amides is 2. The van der Waals surface area contributed by atoms with Gasteiger partial charge in [0.2, 0.25) is 11.8 Å². The Labute approximate surface area is 189 Å². The third kappa shape index (κ3) is 4.33. The van der Waals surface area contributed by atoms with E-state index in [0.717, 1.165) is 81.7 Å². The van der Waals surface area contributed by atoms with Crippen LogP contribution in [0.5, 0.6) is 0 Å². The molecule has 2 N–H and O–H groups in total. The van der Waals surface area contributed by atoms with Gasteiger partial charge in [-0.2, -0.15) is 0 Å². The Bertz CT molecular complexity index is 985. The number of benzene rings is 1. The molecule has 1 aromatic carbocycles. The van der Waals surface area contributed by atoms with Crippen molar-refractivity contribution in [2.45, 2.75) is 57.4 Å². The fraction of sp³-hybridized carbons (Fsp3) is 0.520. The number of carbonyl (C=O) groups is 2. The van der Waals surface area contributed by atoms with E-state index in [1.807, 2.05) is 18.2 Å². The van der Waals surface area contributed by atoms with Crippen LogP contribution in [-0.2, 0) is 22.4 Å². The topological polar surface area (TPSA) is 87.2 Å². The summed E-state index contributed by atoms with van der Waals surface area (Å²) in [4.78, 5) is 37.2. The zero-order chi connectivity index (χ0) is 21.9. The molecule has 7 nitrogen and oxygen atoms in total. The highest BCUT2D eigenvalue weighted by molar-refractivity contribution is 5.88. The van der Waals surface area contributed by atoms with E-state index in [-0.39, 0.29) is 23.8 Å². The number of fused-ring (bicyclic) bond motifs is 1. The van der Waals surface area contributed by atoms with Gasteiger partial charge in [0, 0.05) is 42.4 Å². The van der Waals surface area contributed by atoms with Gasteiger partial charge in [-0.15, -0.1) is 0 Å². The Morgan fingerprint density at radius 1 is 1.00 bits per heavy atom. The zero-order valence-electron chi connectivity index (χ0n) is 18.5. The van der Waals surface area contributed by atoms with Crippen molar-refractivity contribution in [2.24, 2.45) is 5.92 Å². The van der Waals surface area contributed by atoms with Gasteiger partial charge in [-0.1, -0.05) is 30.3 Å². The van der Waals surface area contributed by atoms with Crippen molar-refractivity contribution < 1.29 is 9.59 Å². The van der Waals surface area contributed by atoms with Crippen LogP contribution in [0.15, 0.2) is 30.3 Å². The molecule has 3 aliphatic rings. The molecular formula is C25H31N5O2. The first-order chi connectivity index (χ1) is 15.7. The Morgan fingerprint density at radius 3 is 2.62 bits per heavy atom. The molecule has 5 rings (SSSR count). The van der Waals surface area contributed by atoms with Gasteiger partial charge in [0.15, 0.2) is 5.82 Å². The molecule has 1 atom stereocenters. The van der Waals surface area contributed by atoms with Crippen molar-refractivity contribution in [3.8, 4) is 11.4 Å². The molecule has 3 heterocycles. The maximum Gasteiger partial charge on any atom is 0.242 e. The maximum atomic E-state index is 12.9. The van der Waals surface area contributed by atoms with Gasteiger partial charge in [-0.05, 0) is 51.4 Å². The summed E-state index contributed by atoms with van der Waals surface area (Å²) in [7, 11) is 0. The van der Waals surface area contributed by atoms with Crippen molar-refractivity contribution in [3.63, 3.8) is 0 Å². The molecule has 32 heavy (non-hydrogen) atoms. The zero-order valence-corrected chi connectivity index (χ0v) is 18.5. The Morgan fingerprint density at radius 2 is 1.81 bits per heavy atom. The summed E-state index contributed by atoms with van der Waals surface area (Å²) in [5.41, 5.74) is 3.50. The highest BCUT2D eigenvalue weighted by Gasteiger charge is 2.31. The summed E-state index contributed by atoms with van der Waals surface area (Å²) in [5, 5.41) is 5.91. The minimum Gasteiger partial charge on any atom is -0.356 e. The van der Waals surface area contributed by atoms with Crippen LogP contribution in [-0.4, -0.2) is 47.5 Å². The van der Waals surface area contributed by atoms with Crippen molar-refractivity contribution in [1.82, 2.24) is 20.6 Å². The number of aromatic nitrogens is 2. The first-order valence-electron chi connectivity index (χ1n) is 12.0. The predicted molar refractivity (Wildman–Crippen MR) is 123 cm³/mol. The summed E-state index contributed by atoms with van der Waals surface area (Å²) < 4.78 is 0. The first-order valence-corrected chi connectivity index (χ1v) is 12.0. The number of hydrogen-bond donors (Lipinski definition) is 2. The fourth-order valence-electron chi connectivity index (χ4n) is 5.11. The molecule has 168 valence electrons. The second kappa shape index (κ2) is 9.27. The second-order valence-corrected chi connectivity index (χ2v) is 9.12. The molecule has 0 unspecified atom stereocenters. The smallest absolute Gasteiger partial charge is 0.242 e. The molecule has 0 bridgehead atoms. The molecular weight excluding hydrogens is 402 g/mol. The number of hydrogen-bond acceptors (Lipinski definition) is 5. The number of anilines is 1. The second-order valence-electron chi connectivity index (χ2n) is 9.12. The molecule has 1 aliphatic carbocycles. The maximum absolute atomic E-state index is 12.9. The number of nitrogens with one attached hydrogen (secondary N) is 2. The monoisotopic (exact) mass is 433 g/mol. The summed E-state index contributed by atoms with van der Waals surface area (Å²) in [6.07, 6.45) is 7.38. The predicted octanol–water partition coefficient (Wildman–Crippen LogP) is 2.63. The highest BCUT2D eigenvalue weighted by atomic mass is 16.2. The molecule has 0 radical (unpaired) electrons. The molecule has 2 amide bonds. The van der Waals surface area contributed by atoms with E-state index < -0.39 is 0 Å². The van der Waals surface area contributed by atoms with Crippen LogP contribution in [0.1, 0.15) is 49.8 Å². The van der Waals surface area contributed by atoms with Gasteiger partial charge in [0.25, 0.3) is 0 Å². The summed E-state index contributed by atoms with van der Waals surface area (Å²) >= 11 is 0. The molecule has 2 fully saturated rings. The largest absolute Gasteiger partial charge is 0.356 e. The lowest BCUT2D eigenvalue weighted by molar-refractivity contribution is -0.131. The van der Waals surface area contributed by atoms with Gasteiger partial charge in [0.1, 0.15) is 11.9 Å². The summed E-state index contributed by atoms with van der Waals surface area (Å²) in [6, 6.07) is 9.77. The van der Waals surface area contributed by atoms with Crippen LogP contribution in [0.3, 0.4) is 0 Å². The lowest BCUT2D eigenvalue weighted by Gasteiger charge is -2.34. The van der Waals surface area contributed by atoms with E-state index in [9.17, 15) is 9.59 Å². The van der Waals surface area contributed by atoms with Crippen molar-refractivity contribution in [3.05, 3.63) is 41.6 Å². The summed E-state index contributed by atoms with van der Waals surface area (Å²) in [6.45, 7) is 2.30. The van der Waals surface area contributed by atoms with Gasteiger partial charge < -0.3 is 15.5 Å². The standard InChI is InChI=1S/C25H31N5O2/c31-24(28-21-10-4-5-14-26-25(21)32)18-12-15-30(16-13-18)23-19-9-6-11-20(19)27-22(29-23)17-7-2-1-3-8-17/h1-3,7-8,18,21H,4-6,9-16H2,(H,26,32)(H,28,31)/t21-/m0/s1. The average molecular weight is 434 g/mol. The molecule has 2 aliphatic heterocycles. The quantitative estimate of drug-likeness (QED) is 0.774. The van der Waals surface area contributed by atoms with Crippen LogP contribution < -0.4 is 15.5 Å². The molecule has 1 aromatic heterocycles. The van der Waals surface area contributed by atoms with E-state index in [0.29, 0.717) is 6.54 Å². The van der Waals surface area contributed by atoms with Crippen LogP contribution in [0.2, 0.25) is 0 Å². The normalized spacial score (nSPS) is 21.6. The minimum absolute atomic E-state index is 0.0181. The van der Waals surface area contributed by atoms with Crippen molar-refractivity contribution in [2.75, 3.05) is 24.5 Å². The van der Waals surface area contributed by atoms with Crippen molar-refractivity contribution in [1.29, 1.82) is 0 Å². The van der Waals surface area contributed by atoms with Crippen molar-refractivity contribution >= 4 is 17.6 Å². The lowest BCUT2D eigenvalue weighted by atomic mass is 9.95. The van der Waals surface area contributed by atoms with Gasteiger partial charge >= 0.3 is 0 Å². The third-order valence-corrected chi connectivity index (χ3v) is 6.96. The van der Waals surface area contributed by atoms with E-state index >= 15 is 0 Å². The number of rotatable bonds is 4. The highest BCUT2D eigenvalue weighted by Crippen LogP contribution is 2.33. The molecule has 2 aromatic rings. The minimum atomic E-state index is -0.387. The van der Waals surface area contributed by atoms with Gasteiger partial charge in [-0.25, -0.2) is 9.97 Å². The van der Waals surface area contributed by atoms with Crippen LogP contribution in [0, 0.1) is 5.92 Å². The van der Waals surface area contributed by atoms with Crippen LogP contribution in [0.25, 0.3) is 11.4 Å². The number of aryl methyl sites for hydroxylation is 1. The molecule has 0 spiro atoms. The summed E-state index contributed by atoms with van der Waals surface area (Å²) in [5.74, 6) is 1.77.